The minimum absolute atomic E-state index is 0.165. The Morgan fingerprint density at radius 2 is 1.82 bits per heavy atom. The monoisotopic (exact) mass is 454 g/mol. The molecular weight excluding hydrogens is 408 g/mol. The van der Waals surface area contributed by atoms with Crippen LogP contribution < -0.4 is 0 Å². The number of rotatable bonds is 5. The molecule has 0 unspecified atom stereocenters. The number of aliphatic hydroxyl groups is 1. The van der Waals surface area contributed by atoms with Crippen molar-refractivity contribution >= 4 is 5.97 Å². The summed E-state index contributed by atoms with van der Waals surface area (Å²) >= 11 is 0. The van der Waals surface area contributed by atoms with Crippen LogP contribution in [0.4, 0.5) is 0 Å². The zero-order valence-corrected chi connectivity index (χ0v) is 22.0. The summed E-state index contributed by atoms with van der Waals surface area (Å²) in [5.74, 6) is 2.94. The molecule has 3 nitrogen and oxygen atoms in total. The number of ether oxygens (including phenoxy) is 1. The molecule has 3 heteroatoms. The Morgan fingerprint density at radius 1 is 1.09 bits per heavy atom. The third-order valence-electron chi connectivity index (χ3n) is 10.4. The fourth-order valence-electron chi connectivity index (χ4n) is 7.76. The van der Waals surface area contributed by atoms with Gasteiger partial charge in [0.1, 0.15) is 6.10 Å². The van der Waals surface area contributed by atoms with Crippen molar-refractivity contribution in [2.24, 2.45) is 40.4 Å². The molecule has 1 N–H and O–H groups in total. The van der Waals surface area contributed by atoms with Crippen LogP contribution in [-0.2, 0) is 9.53 Å². The normalized spacial score (nSPS) is 42.2. The third-order valence-corrected chi connectivity index (χ3v) is 10.4. The highest BCUT2D eigenvalue weighted by atomic mass is 16.5. The molecule has 0 aromatic rings. The summed E-state index contributed by atoms with van der Waals surface area (Å²) in [6.45, 7) is 15.6. The Balaban J connectivity index is 1.58. The maximum absolute atomic E-state index is 11.8. The van der Waals surface area contributed by atoms with Gasteiger partial charge in [-0.05, 0) is 84.7 Å². The fourth-order valence-corrected chi connectivity index (χ4v) is 7.76. The molecule has 2 saturated carbocycles. The fraction of sp³-hybridized carbons (Fsp3) is 0.767. The van der Waals surface area contributed by atoms with Gasteiger partial charge in [-0.1, -0.05) is 65.8 Å². The van der Waals surface area contributed by atoms with Crippen LogP contribution in [0.25, 0.3) is 0 Å². The van der Waals surface area contributed by atoms with Crippen molar-refractivity contribution in [1.82, 2.24) is 0 Å². The third kappa shape index (κ3) is 4.07. The summed E-state index contributed by atoms with van der Waals surface area (Å²) in [7, 11) is 0. The van der Waals surface area contributed by atoms with Gasteiger partial charge >= 0.3 is 5.97 Å². The zero-order chi connectivity index (χ0) is 24.2. The summed E-state index contributed by atoms with van der Waals surface area (Å²) in [5.41, 5.74) is 2.15. The largest absolute Gasteiger partial charge is 0.462 e. The summed E-state index contributed by atoms with van der Waals surface area (Å²) < 4.78 is 5.52. The number of hydrogen-bond acceptors (Lipinski definition) is 3. The lowest BCUT2D eigenvalue weighted by Crippen LogP contribution is -2.56. The highest BCUT2D eigenvalue weighted by molar-refractivity contribution is 5.66. The van der Waals surface area contributed by atoms with Crippen molar-refractivity contribution in [3.63, 3.8) is 0 Å². The van der Waals surface area contributed by atoms with Gasteiger partial charge in [0.25, 0.3) is 0 Å². The van der Waals surface area contributed by atoms with Gasteiger partial charge in [0, 0.05) is 18.8 Å². The van der Waals surface area contributed by atoms with Crippen molar-refractivity contribution in [2.45, 2.75) is 105 Å². The molecule has 0 aliphatic heterocycles. The molecule has 0 aromatic heterocycles. The van der Waals surface area contributed by atoms with Crippen LogP contribution in [0.2, 0.25) is 0 Å². The van der Waals surface area contributed by atoms with E-state index in [-0.39, 0.29) is 17.5 Å². The smallest absolute Gasteiger partial charge is 0.302 e. The van der Waals surface area contributed by atoms with Crippen molar-refractivity contribution < 1.29 is 14.6 Å². The first-order valence-corrected chi connectivity index (χ1v) is 13.4. The number of hydrogen-bond donors (Lipinski definition) is 1. The van der Waals surface area contributed by atoms with E-state index in [0.717, 1.165) is 19.3 Å². The summed E-state index contributed by atoms with van der Waals surface area (Å²) in [6, 6.07) is 0. The number of fused-ring (bicyclic) bond motifs is 5. The molecule has 4 aliphatic rings. The summed E-state index contributed by atoms with van der Waals surface area (Å²) in [4.78, 5) is 11.5. The van der Waals surface area contributed by atoms with Gasteiger partial charge < -0.3 is 9.84 Å². The molecule has 33 heavy (non-hydrogen) atoms. The lowest BCUT2D eigenvalue weighted by Gasteiger charge is -2.57. The molecular formula is C30H46O3. The number of carbonyl (C=O) groups excluding carboxylic acids is 1. The predicted molar refractivity (Wildman–Crippen MR) is 134 cm³/mol. The van der Waals surface area contributed by atoms with Crippen LogP contribution in [0.5, 0.6) is 0 Å². The number of allylic oxidation sites excluding steroid dienone is 4. The zero-order valence-electron chi connectivity index (χ0n) is 22.0. The Hall–Kier alpha value is -1.35. The van der Waals surface area contributed by atoms with E-state index in [2.05, 4.69) is 65.8 Å². The second-order valence-corrected chi connectivity index (χ2v) is 12.6. The minimum atomic E-state index is -0.824. The summed E-state index contributed by atoms with van der Waals surface area (Å²) in [6.07, 6.45) is 16.2. The second kappa shape index (κ2) is 8.70. The van der Waals surface area contributed by atoms with Crippen molar-refractivity contribution in [3.05, 3.63) is 35.5 Å². The maximum atomic E-state index is 11.8. The van der Waals surface area contributed by atoms with Crippen LogP contribution in [0.1, 0.15) is 93.4 Å². The Labute approximate surface area is 201 Å². The van der Waals surface area contributed by atoms with Gasteiger partial charge in [-0.15, -0.1) is 0 Å². The van der Waals surface area contributed by atoms with Crippen molar-refractivity contribution in [1.29, 1.82) is 0 Å². The first-order chi connectivity index (χ1) is 15.4. The maximum Gasteiger partial charge on any atom is 0.302 e. The lowest BCUT2D eigenvalue weighted by atomic mass is 9.50. The molecule has 0 aromatic carbocycles. The number of carbonyl (C=O) groups is 1. The van der Waals surface area contributed by atoms with Crippen LogP contribution in [-0.4, -0.2) is 22.8 Å². The van der Waals surface area contributed by atoms with E-state index in [0.29, 0.717) is 47.8 Å². The SMILES string of the molecule is CC(=O)O[C@@H]1CC[C@]2(C)C3=CC[C@]4(C)[C@H](CC[C@@H]4[C@H](C)/C=C/[C@@H](C)C(C)C)C3=CC[C@@]2(O)C1. The van der Waals surface area contributed by atoms with Gasteiger partial charge in [0.15, 0.2) is 0 Å². The van der Waals surface area contributed by atoms with Crippen LogP contribution in [0.3, 0.4) is 0 Å². The molecule has 4 aliphatic carbocycles. The van der Waals surface area contributed by atoms with E-state index < -0.39 is 5.60 Å². The molecule has 0 bridgehead atoms. The Morgan fingerprint density at radius 3 is 2.48 bits per heavy atom. The first-order valence-electron chi connectivity index (χ1n) is 13.4. The first kappa shape index (κ1) is 24.8. The van der Waals surface area contributed by atoms with E-state index in [4.69, 9.17) is 4.74 Å². The molecule has 0 saturated heterocycles. The molecule has 0 radical (unpaired) electrons. The van der Waals surface area contributed by atoms with Crippen LogP contribution >= 0.6 is 0 Å². The average Bonchev–Trinajstić information content (AvgIpc) is 3.09. The molecule has 0 heterocycles. The van der Waals surface area contributed by atoms with Gasteiger partial charge in [-0.2, -0.15) is 0 Å². The van der Waals surface area contributed by atoms with Gasteiger partial charge in [-0.25, -0.2) is 0 Å². The highest BCUT2D eigenvalue weighted by Crippen LogP contribution is 2.65. The molecule has 0 amide bonds. The molecule has 2 fully saturated rings. The quantitative estimate of drug-likeness (QED) is 0.359. The lowest BCUT2D eigenvalue weighted by molar-refractivity contribution is -0.163. The molecule has 8 atom stereocenters. The summed E-state index contributed by atoms with van der Waals surface area (Å²) in [5, 5.41) is 11.8. The standard InChI is InChI=1S/C30H46O3/c1-19(2)20(3)8-9-21(4)25-10-11-26-24-13-17-30(32)18-23(33-22(5)31)12-16-29(30,7)27(24)14-15-28(25,26)6/h8-9,13-14,19-21,23,25-26,32H,10-12,15-18H2,1-7H3/b9-8+/t20-,21-,23-,25-,26-,28+,29-,30-/m1/s1. The second-order valence-electron chi connectivity index (χ2n) is 12.6. The molecule has 184 valence electrons. The van der Waals surface area contributed by atoms with E-state index in [1.165, 1.54) is 30.9 Å². The number of esters is 1. The van der Waals surface area contributed by atoms with Gasteiger partial charge in [-0.3, -0.25) is 4.79 Å². The average molecular weight is 455 g/mol. The van der Waals surface area contributed by atoms with Gasteiger partial charge in [0.2, 0.25) is 0 Å². The van der Waals surface area contributed by atoms with Crippen LogP contribution in [0, 0.1) is 40.4 Å². The van der Waals surface area contributed by atoms with Gasteiger partial charge in [0.05, 0.1) is 5.60 Å². The van der Waals surface area contributed by atoms with E-state index >= 15 is 0 Å². The molecule has 0 spiro atoms. The Bertz CT molecular complexity index is 866. The minimum Gasteiger partial charge on any atom is -0.462 e. The van der Waals surface area contributed by atoms with Crippen molar-refractivity contribution in [3.8, 4) is 0 Å². The van der Waals surface area contributed by atoms with E-state index in [1.54, 1.807) is 0 Å². The molecule has 4 rings (SSSR count). The van der Waals surface area contributed by atoms with E-state index in [9.17, 15) is 9.90 Å². The van der Waals surface area contributed by atoms with Crippen LogP contribution in [0.15, 0.2) is 35.5 Å². The van der Waals surface area contributed by atoms with Crippen molar-refractivity contribution in [2.75, 3.05) is 0 Å². The van der Waals surface area contributed by atoms with E-state index in [1.807, 2.05) is 0 Å². The highest BCUT2D eigenvalue weighted by Gasteiger charge is 2.60. The Kier molecular flexibility index (Phi) is 6.53. The topological polar surface area (TPSA) is 46.5 Å². The predicted octanol–water partition coefficient (Wildman–Crippen LogP) is 7.02.